The summed E-state index contributed by atoms with van der Waals surface area (Å²) in [5, 5.41) is 22.9. The van der Waals surface area contributed by atoms with Gasteiger partial charge in [-0.1, -0.05) is 31.7 Å². The van der Waals surface area contributed by atoms with Crippen LogP contribution in [0.1, 0.15) is 50.6 Å². The minimum atomic E-state index is -0.0207. The largest absolute Gasteiger partial charge is 0.507 e. The molecular formula is C15H23NO2. The molecule has 0 saturated heterocycles. The second kappa shape index (κ2) is 6.10. The Labute approximate surface area is 109 Å². The number of phenolic OH excluding ortho intramolecular Hbond substituents is 2. The highest BCUT2D eigenvalue weighted by atomic mass is 16.3. The molecule has 1 aliphatic carbocycles. The van der Waals surface area contributed by atoms with Gasteiger partial charge in [0.05, 0.1) is 5.56 Å². The van der Waals surface area contributed by atoms with Crippen LogP contribution in [-0.2, 0) is 0 Å². The Hall–Kier alpha value is -1.22. The zero-order chi connectivity index (χ0) is 13.0. The van der Waals surface area contributed by atoms with Gasteiger partial charge in [0.15, 0.2) is 0 Å². The van der Waals surface area contributed by atoms with Crippen molar-refractivity contribution in [3.63, 3.8) is 0 Å². The molecule has 100 valence electrons. The third-order valence-corrected chi connectivity index (χ3v) is 3.97. The van der Waals surface area contributed by atoms with Crippen molar-refractivity contribution in [3.8, 4) is 11.5 Å². The minimum absolute atomic E-state index is 0.0207. The Morgan fingerprint density at radius 3 is 2.44 bits per heavy atom. The Kier molecular flexibility index (Phi) is 4.48. The van der Waals surface area contributed by atoms with E-state index >= 15 is 0 Å². The fourth-order valence-corrected chi connectivity index (χ4v) is 2.89. The van der Waals surface area contributed by atoms with Crippen LogP contribution in [0.4, 0.5) is 0 Å². The average Bonchev–Trinajstić information content (AvgIpc) is 2.82. The molecule has 0 radical (unpaired) electrons. The molecule has 3 nitrogen and oxygen atoms in total. The predicted molar refractivity (Wildman–Crippen MR) is 72.8 cm³/mol. The van der Waals surface area contributed by atoms with Crippen LogP contribution in [0.5, 0.6) is 11.5 Å². The van der Waals surface area contributed by atoms with E-state index in [-0.39, 0.29) is 17.5 Å². The van der Waals surface area contributed by atoms with E-state index in [1.165, 1.54) is 32.1 Å². The van der Waals surface area contributed by atoms with E-state index in [0.29, 0.717) is 5.56 Å². The Morgan fingerprint density at radius 1 is 1.22 bits per heavy atom. The van der Waals surface area contributed by atoms with E-state index in [2.05, 4.69) is 5.32 Å². The highest BCUT2D eigenvalue weighted by molar-refractivity contribution is 5.44. The van der Waals surface area contributed by atoms with E-state index < -0.39 is 0 Å². The van der Waals surface area contributed by atoms with Crippen molar-refractivity contribution < 1.29 is 10.2 Å². The number of aromatic hydroxyl groups is 2. The van der Waals surface area contributed by atoms with Gasteiger partial charge in [-0.2, -0.15) is 0 Å². The molecule has 0 bridgehead atoms. The average molecular weight is 249 g/mol. The van der Waals surface area contributed by atoms with Gasteiger partial charge in [-0.3, -0.25) is 0 Å². The van der Waals surface area contributed by atoms with Crippen molar-refractivity contribution in [1.82, 2.24) is 5.32 Å². The Balaban J connectivity index is 1.85. The molecule has 2 rings (SSSR count). The molecule has 1 saturated carbocycles. The Morgan fingerprint density at radius 2 is 1.83 bits per heavy atom. The summed E-state index contributed by atoms with van der Waals surface area (Å²) in [4.78, 5) is 0. The summed E-state index contributed by atoms with van der Waals surface area (Å²) in [7, 11) is 0. The first-order valence-electron chi connectivity index (χ1n) is 6.92. The first kappa shape index (κ1) is 13.2. The number of nitrogens with one attached hydrogen (secondary N) is 1. The van der Waals surface area contributed by atoms with Gasteiger partial charge in [-0.15, -0.1) is 0 Å². The number of hydrogen-bond acceptors (Lipinski definition) is 3. The third kappa shape index (κ3) is 3.16. The molecule has 1 unspecified atom stereocenters. The number of phenols is 2. The molecule has 1 atom stereocenters. The summed E-state index contributed by atoms with van der Waals surface area (Å²) in [6.45, 7) is 2.92. The fraction of sp³-hybridized carbons (Fsp3) is 0.600. The number of benzene rings is 1. The lowest BCUT2D eigenvalue weighted by Crippen LogP contribution is -2.21. The van der Waals surface area contributed by atoms with Gasteiger partial charge in [0.2, 0.25) is 0 Å². The zero-order valence-electron chi connectivity index (χ0n) is 11.0. The topological polar surface area (TPSA) is 52.5 Å². The van der Waals surface area contributed by atoms with Gasteiger partial charge in [0, 0.05) is 6.04 Å². The van der Waals surface area contributed by atoms with Crippen LogP contribution in [0.2, 0.25) is 0 Å². The number of rotatable bonds is 5. The van der Waals surface area contributed by atoms with Crippen molar-refractivity contribution in [2.45, 2.75) is 45.1 Å². The van der Waals surface area contributed by atoms with E-state index in [9.17, 15) is 10.2 Å². The SMILES string of the molecule is CC(NCCC1CCCC1)c1c(O)cccc1O. The van der Waals surface area contributed by atoms with Gasteiger partial charge in [-0.05, 0) is 37.9 Å². The van der Waals surface area contributed by atoms with Crippen LogP contribution < -0.4 is 5.32 Å². The smallest absolute Gasteiger partial charge is 0.124 e. The Bertz CT molecular complexity index is 366. The van der Waals surface area contributed by atoms with Crippen LogP contribution in [0.3, 0.4) is 0 Å². The lowest BCUT2D eigenvalue weighted by atomic mass is 10.0. The van der Waals surface area contributed by atoms with Crippen molar-refractivity contribution in [2.75, 3.05) is 6.54 Å². The van der Waals surface area contributed by atoms with Crippen LogP contribution >= 0.6 is 0 Å². The summed E-state index contributed by atoms with van der Waals surface area (Å²) in [5.74, 6) is 1.19. The van der Waals surface area contributed by atoms with Crippen LogP contribution in [0.15, 0.2) is 18.2 Å². The van der Waals surface area contributed by atoms with E-state index in [0.717, 1.165) is 12.5 Å². The van der Waals surface area contributed by atoms with Crippen LogP contribution in [-0.4, -0.2) is 16.8 Å². The van der Waals surface area contributed by atoms with Crippen molar-refractivity contribution in [1.29, 1.82) is 0 Å². The van der Waals surface area contributed by atoms with Gasteiger partial charge in [0.25, 0.3) is 0 Å². The molecule has 0 aromatic heterocycles. The summed E-state index contributed by atoms with van der Waals surface area (Å²) < 4.78 is 0. The molecule has 1 aliphatic rings. The summed E-state index contributed by atoms with van der Waals surface area (Å²) >= 11 is 0. The normalized spacial score (nSPS) is 18.1. The second-order valence-electron chi connectivity index (χ2n) is 5.32. The standard InChI is InChI=1S/C15H23NO2/c1-11(15-13(17)7-4-8-14(15)18)16-10-9-12-5-2-3-6-12/h4,7-8,11-12,16-18H,2-3,5-6,9-10H2,1H3. The minimum Gasteiger partial charge on any atom is -0.507 e. The molecule has 3 N–H and O–H groups in total. The molecule has 0 heterocycles. The second-order valence-corrected chi connectivity index (χ2v) is 5.32. The maximum atomic E-state index is 9.77. The molecule has 1 fully saturated rings. The first-order valence-corrected chi connectivity index (χ1v) is 6.92. The highest BCUT2D eigenvalue weighted by Crippen LogP contribution is 2.32. The van der Waals surface area contributed by atoms with Crippen molar-refractivity contribution in [3.05, 3.63) is 23.8 Å². The first-order chi connectivity index (χ1) is 8.68. The van der Waals surface area contributed by atoms with E-state index in [1.807, 2.05) is 6.92 Å². The fourth-order valence-electron chi connectivity index (χ4n) is 2.89. The molecular weight excluding hydrogens is 226 g/mol. The molecule has 0 aliphatic heterocycles. The van der Waals surface area contributed by atoms with Gasteiger partial charge in [0.1, 0.15) is 11.5 Å². The van der Waals surface area contributed by atoms with Gasteiger partial charge >= 0.3 is 0 Å². The van der Waals surface area contributed by atoms with Gasteiger partial charge in [-0.25, -0.2) is 0 Å². The number of hydrogen-bond donors (Lipinski definition) is 3. The molecule has 1 aromatic rings. The van der Waals surface area contributed by atoms with Crippen molar-refractivity contribution in [2.24, 2.45) is 5.92 Å². The molecule has 1 aromatic carbocycles. The third-order valence-electron chi connectivity index (χ3n) is 3.97. The zero-order valence-corrected chi connectivity index (χ0v) is 11.0. The molecule has 18 heavy (non-hydrogen) atoms. The van der Waals surface area contributed by atoms with Gasteiger partial charge < -0.3 is 15.5 Å². The molecule has 0 spiro atoms. The molecule has 3 heteroatoms. The van der Waals surface area contributed by atoms with Crippen LogP contribution in [0, 0.1) is 5.92 Å². The molecule has 0 amide bonds. The maximum Gasteiger partial charge on any atom is 0.124 e. The quantitative estimate of drug-likeness (QED) is 0.750. The van der Waals surface area contributed by atoms with E-state index in [1.54, 1.807) is 18.2 Å². The van der Waals surface area contributed by atoms with Crippen molar-refractivity contribution >= 4 is 0 Å². The predicted octanol–water partition coefficient (Wildman–Crippen LogP) is 3.33. The highest BCUT2D eigenvalue weighted by Gasteiger charge is 2.17. The summed E-state index contributed by atoms with van der Waals surface area (Å²) in [5.41, 5.74) is 0.601. The van der Waals surface area contributed by atoms with E-state index in [4.69, 9.17) is 0 Å². The lowest BCUT2D eigenvalue weighted by Gasteiger charge is -2.18. The summed E-state index contributed by atoms with van der Waals surface area (Å²) in [6.07, 6.45) is 6.66. The van der Waals surface area contributed by atoms with Crippen LogP contribution in [0.25, 0.3) is 0 Å². The monoisotopic (exact) mass is 249 g/mol. The summed E-state index contributed by atoms with van der Waals surface area (Å²) in [6, 6.07) is 4.86. The maximum absolute atomic E-state index is 9.77. The lowest BCUT2D eigenvalue weighted by molar-refractivity contribution is 0.408.